The maximum absolute atomic E-state index is 2.46. The van der Waals surface area contributed by atoms with Crippen LogP contribution in [0.2, 0.25) is 0 Å². The molecule has 0 bridgehead atoms. The van der Waals surface area contributed by atoms with Crippen molar-refractivity contribution in [3.8, 4) is 11.1 Å². The van der Waals surface area contributed by atoms with E-state index in [1.807, 2.05) is 0 Å². The summed E-state index contributed by atoms with van der Waals surface area (Å²) in [6, 6.07) is 81.6. The molecule has 0 atom stereocenters. The Labute approximate surface area is 318 Å². The fourth-order valence-electron chi connectivity index (χ4n) is 8.21. The minimum Gasteiger partial charge on any atom is -0.0622 e. The Kier molecular flexibility index (Phi) is 8.58. The molecule has 0 aliphatic heterocycles. The zero-order chi connectivity index (χ0) is 35.8. The fraction of sp³-hybridized carbons (Fsp3) is 0. The van der Waals surface area contributed by atoms with Crippen molar-refractivity contribution >= 4 is 90.8 Å². The number of benzene rings is 10. The van der Waals surface area contributed by atoms with E-state index in [0.29, 0.717) is 0 Å². The minimum absolute atomic E-state index is 0.951. The van der Waals surface area contributed by atoms with Gasteiger partial charge in [-0.1, -0.05) is 218 Å². The zero-order valence-corrected chi connectivity index (χ0v) is 31.5. The normalized spacial score (nSPS) is 11.7. The molecule has 54 heavy (non-hydrogen) atoms. The van der Waals surface area contributed by atoms with E-state index in [1.54, 1.807) is 0 Å². The average molecular weight is 723 g/mol. The van der Waals surface area contributed by atoms with E-state index in [4.69, 9.17) is 0 Å². The molecular weight excluding hydrogens is 687 g/mol. The SMILES string of the molecule is c1ccc(P(c2ccccc2)c2ccc3ccc4ccccc4c3c2-c2c(P(c3ccccc3)c3ccccc3)ccc3ccc4ccccc4c23)cc1. The summed E-state index contributed by atoms with van der Waals surface area (Å²) in [5.41, 5.74) is 2.69. The summed E-state index contributed by atoms with van der Waals surface area (Å²) in [6.45, 7) is 0. The van der Waals surface area contributed by atoms with E-state index in [1.165, 1.54) is 86.0 Å². The largest absolute Gasteiger partial charge is 0.0622 e. The lowest BCUT2D eigenvalue weighted by Crippen LogP contribution is -2.26. The van der Waals surface area contributed by atoms with Gasteiger partial charge in [-0.3, -0.25) is 0 Å². The summed E-state index contributed by atoms with van der Waals surface area (Å²) in [6.07, 6.45) is 0. The molecule has 0 saturated carbocycles. The Morgan fingerprint density at radius 1 is 0.222 bits per heavy atom. The first kappa shape index (κ1) is 32.7. The van der Waals surface area contributed by atoms with Crippen molar-refractivity contribution in [3.05, 3.63) is 218 Å². The third-order valence-electron chi connectivity index (χ3n) is 10.6. The molecule has 0 nitrogen and oxygen atoms in total. The molecule has 10 aromatic carbocycles. The summed E-state index contributed by atoms with van der Waals surface area (Å²) >= 11 is 0. The Morgan fingerprint density at radius 3 is 0.852 bits per heavy atom. The second kappa shape index (κ2) is 14.2. The third kappa shape index (κ3) is 5.71. The van der Waals surface area contributed by atoms with Crippen molar-refractivity contribution in [1.29, 1.82) is 0 Å². The van der Waals surface area contributed by atoms with Crippen LogP contribution in [-0.2, 0) is 0 Å². The van der Waals surface area contributed by atoms with Crippen LogP contribution in [-0.4, -0.2) is 0 Å². The lowest BCUT2D eigenvalue weighted by Gasteiger charge is -2.29. The van der Waals surface area contributed by atoms with Crippen molar-refractivity contribution < 1.29 is 0 Å². The first-order chi connectivity index (χ1) is 26.8. The van der Waals surface area contributed by atoms with Gasteiger partial charge in [-0.2, -0.15) is 0 Å². The van der Waals surface area contributed by atoms with Crippen LogP contribution in [0.15, 0.2) is 218 Å². The molecule has 0 amide bonds. The first-order valence-electron chi connectivity index (χ1n) is 18.5. The molecule has 10 aromatic rings. The molecule has 0 aliphatic rings. The predicted octanol–water partition coefficient (Wildman–Crippen LogP) is 11.5. The Hall–Kier alpha value is -5.90. The van der Waals surface area contributed by atoms with E-state index in [0.717, 1.165) is 0 Å². The third-order valence-corrected chi connectivity index (χ3v) is 15.5. The van der Waals surface area contributed by atoms with Gasteiger partial charge in [0.05, 0.1) is 0 Å². The molecule has 0 aromatic heterocycles. The van der Waals surface area contributed by atoms with E-state index in [2.05, 4.69) is 218 Å². The standard InChI is InChI=1S/C52H36P2/c1-5-19-41(20-6-1)53(42-21-7-2-8-22-42)47-35-33-39-31-29-37-17-13-15-27-45(37)49(39)51(47)52-48(36-34-40-32-30-38-18-14-16-28-46(38)50(40)52)54(43-23-9-3-10-24-43)44-25-11-4-12-26-44/h1-36H. The van der Waals surface area contributed by atoms with Gasteiger partial charge >= 0.3 is 0 Å². The molecule has 2 heteroatoms. The van der Waals surface area contributed by atoms with Gasteiger partial charge in [-0.15, -0.1) is 0 Å². The maximum atomic E-state index is 2.46. The predicted molar refractivity (Wildman–Crippen MR) is 239 cm³/mol. The van der Waals surface area contributed by atoms with Crippen molar-refractivity contribution in [2.75, 3.05) is 0 Å². The average Bonchev–Trinajstić information content (AvgIpc) is 3.25. The van der Waals surface area contributed by atoms with Gasteiger partial charge in [0.15, 0.2) is 0 Å². The Morgan fingerprint density at radius 2 is 0.500 bits per heavy atom. The van der Waals surface area contributed by atoms with Crippen LogP contribution in [0, 0.1) is 0 Å². The second-order valence-corrected chi connectivity index (χ2v) is 18.1. The van der Waals surface area contributed by atoms with Gasteiger partial charge in [0.2, 0.25) is 0 Å². The van der Waals surface area contributed by atoms with E-state index in [-0.39, 0.29) is 0 Å². The molecule has 0 fully saturated rings. The van der Waals surface area contributed by atoms with Crippen molar-refractivity contribution in [3.63, 3.8) is 0 Å². The summed E-state index contributed by atoms with van der Waals surface area (Å²) in [5.74, 6) is 0. The molecule has 10 rings (SSSR count). The van der Waals surface area contributed by atoms with Crippen LogP contribution >= 0.6 is 15.8 Å². The van der Waals surface area contributed by atoms with Crippen molar-refractivity contribution in [2.45, 2.75) is 0 Å². The molecular formula is C52H36P2. The van der Waals surface area contributed by atoms with Crippen LogP contribution in [0.1, 0.15) is 0 Å². The molecule has 254 valence electrons. The van der Waals surface area contributed by atoms with Gasteiger partial charge < -0.3 is 0 Å². The highest BCUT2D eigenvalue weighted by molar-refractivity contribution is 7.80. The highest BCUT2D eigenvalue weighted by Crippen LogP contribution is 2.48. The molecule has 0 spiro atoms. The highest BCUT2D eigenvalue weighted by Gasteiger charge is 2.29. The lowest BCUT2D eigenvalue weighted by molar-refractivity contribution is 1.73. The lowest BCUT2D eigenvalue weighted by atomic mass is 9.89. The summed E-state index contributed by atoms with van der Waals surface area (Å²) < 4.78 is 0. The summed E-state index contributed by atoms with van der Waals surface area (Å²) in [4.78, 5) is 0. The fourth-order valence-corrected chi connectivity index (χ4v) is 13.1. The Balaban J connectivity index is 1.46. The number of hydrogen-bond donors (Lipinski definition) is 0. The number of rotatable bonds is 7. The monoisotopic (exact) mass is 722 g/mol. The van der Waals surface area contributed by atoms with Crippen molar-refractivity contribution in [1.82, 2.24) is 0 Å². The van der Waals surface area contributed by atoms with Crippen LogP contribution in [0.3, 0.4) is 0 Å². The summed E-state index contributed by atoms with van der Waals surface area (Å²) in [5, 5.41) is 18.4. The Bertz CT molecular complexity index is 2640. The molecule has 0 radical (unpaired) electrons. The van der Waals surface area contributed by atoms with Crippen molar-refractivity contribution in [2.24, 2.45) is 0 Å². The topological polar surface area (TPSA) is 0 Å². The van der Waals surface area contributed by atoms with Crippen LogP contribution < -0.4 is 31.8 Å². The second-order valence-electron chi connectivity index (χ2n) is 13.7. The highest BCUT2D eigenvalue weighted by atomic mass is 31.1. The van der Waals surface area contributed by atoms with Gasteiger partial charge in [0, 0.05) is 0 Å². The van der Waals surface area contributed by atoms with Crippen LogP contribution in [0.4, 0.5) is 0 Å². The molecule has 0 saturated heterocycles. The van der Waals surface area contributed by atoms with E-state index >= 15 is 0 Å². The quantitative estimate of drug-likeness (QED) is 0.113. The molecule has 0 aliphatic carbocycles. The van der Waals surface area contributed by atoms with E-state index in [9.17, 15) is 0 Å². The molecule has 0 N–H and O–H groups in total. The minimum atomic E-state index is -0.951. The summed E-state index contributed by atoms with van der Waals surface area (Å²) in [7, 11) is -1.90. The van der Waals surface area contributed by atoms with Gasteiger partial charge in [-0.05, 0) is 102 Å². The number of hydrogen-bond acceptors (Lipinski definition) is 0. The zero-order valence-electron chi connectivity index (χ0n) is 29.7. The maximum Gasteiger partial charge on any atom is -0.000236 e. The molecule has 0 heterocycles. The van der Waals surface area contributed by atoms with Gasteiger partial charge in [-0.25, -0.2) is 0 Å². The molecule has 0 unspecified atom stereocenters. The number of fused-ring (bicyclic) bond motifs is 6. The smallest absolute Gasteiger partial charge is 0.000236 e. The van der Waals surface area contributed by atoms with Gasteiger partial charge in [0.25, 0.3) is 0 Å². The van der Waals surface area contributed by atoms with Crippen LogP contribution in [0.25, 0.3) is 54.2 Å². The first-order valence-corrected chi connectivity index (χ1v) is 21.2. The van der Waals surface area contributed by atoms with E-state index < -0.39 is 15.8 Å². The van der Waals surface area contributed by atoms with Gasteiger partial charge in [0.1, 0.15) is 0 Å². The van der Waals surface area contributed by atoms with Crippen LogP contribution in [0.5, 0.6) is 0 Å².